The first-order valence-electron chi connectivity index (χ1n) is 8.85. The van der Waals surface area contributed by atoms with E-state index in [0.29, 0.717) is 11.6 Å². The van der Waals surface area contributed by atoms with Crippen LogP contribution < -0.4 is 10.2 Å². The monoisotopic (exact) mass is 388 g/mol. The maximum absolute atomic E-state index is 12.2. The molecule has 1 atom stereocenters. The SMILES string of the molecule is C[C@@H]1CCCN(c2ccc(C(=O)OCC(=O)Nc3ccon3)cc2[N+](=O)[O-])C1. The van der Waals surface area contributed by atoms with Gasteiger partial charge in [0, 0.05) is 25.2 Å². The number of aromatic nitrogens is 1. The molecule has 1 saturated heterocycles. The van der Waals surface area contributed by atoms with Gasteiger partial charge in [0.15, 0.2) is 12.4 Å². The van der Waals surface area contributed by atoms with Gasteiger partial charge in [-0.1, -0.05) is 12.1 Å². The molecule has 3 rings (SSSR count). The van der Waals surface area contributed by atoms with Crippen LogP contribution in [0.2, 0.25) is 0 Å². The number of carbonyl (C=O) groups is 2. The maximum atomic E-state index is 12.2. The second kappa shape index (κ2) is 8.51. The summed E-state index contributed by atoms with van der Waals surface area (Å²) in [6.07, 6.45) is 3.33. The molecule has 28 heavy (non-hydrogen) atoms. The lowest BCUT2D eigenvalue weighted by Crippen LogP contribution is -2.34. The fourth-order valence-electron chi connectivity index (χ4n) is 3.14. The van der Waals surface area contributed by atoms with Crippen LogP contribution >= 0.6 is 0 Å². The molecule has 148 valence electrons. The van der Waals surface area contributed by atoms with Crippen molar-refractivity contribution < 1.29 is 23.8 Å². The molecule has 0 saturated carbocycles. The summed E-state index contributed by atoms with van der Waals surface area (Å²) in [4.78, 5) is 36.9. The van der Waals surface area contributed by atoms with Crippen molar-refractivity contribution in [2.75, 3.05) is 29.9 Å². The molecule has 10 heteroatoms. The van der Waals surface area contributed by atoms with Gasteiger partial charge in [-0.15, -0.1) is 0 Å². The van der Waals surface area contributed by atoms with E-state index < -0.39 is 23.4 Å². The Morgan fingerprint density at radius 3 is 2.93 bits per heavy atom. The molecule has 1 N–H and O–H groups in total. The summed E-state index contributed by atoms with van der Waals surface area (Å²) in [5.74, 6) is -0.786. The van der Waals surface area contributed by atoms with Crippen molar-refractivity contribution in [1.29, 1.82) is 0 Å². The maximum Gasteiger partial charge on any atom is 0.338 e. The van der Waals surface area contributed by atoms with Gasteiger partial charge in [-0.25, -0.2) is 4.79 Å². The molecule has 2 aromatic rings. The van der Waals surface area contributed by atoms with Crippen molar-refractivity contribution >= 4 is 29.1 Å². The van der Waals surface area contributed by atoms with Crippen LogP contribution in [0.4, 0.5) is 17.2 Å². The Hall–Kier alpha value is -3.43. The second-order valence-electron chi connectivity index (χ2n) is 6.66. The molecule has 0 aliphatic carbocycles. The van der Waals surface area contributed by atoms with Crippen molar-refractivity contribution in [2.45, 2.75) is 19.8 Å². The number of carbonyl (C=O) groups excluding carboxylic acids is 2. The number of amides is 1. The number of piperidine rings is 1. The number of anilines is 2. The zero-order valence-corrected chi connectivity index (χ0v) is 15.3. The number of benzene rings is 1. The Kier molecular flexibility index (Phi) is 5.87. The number of rotatable bonds is 6. The summed E-state index contributed by atoms with van der Waals surface area (Å²) in [6.45, 7) is 3.02. The summed E-state index contributed by atoms with van der Waals surface area (Å²) >= 11 is 0. The van der Waals surface area contributed by atoms with E-state index in [1.807, 2.05) is 4.90 Å². The van der Waals surface area contributed by atoms with E-state index in [9.17, 15) is 19.7 Å². The van der Waals surface area contributed by atoms with Gasteiger partial charge in [-0.05, 0) is 30.9 Å². The van der Waals surface area contributed by atoms with Crippen molar-refractivity contribution in [3.8, 4) is 0 Å². The number of nitro benzene ring substituents is 1. The molecule has 2 heterocycles. The third kappa shape index (κ3) is 4.64. The quantitative estimate of drug-likeness (QED) is 0.454. The largest absolute Gasteiger partial charge is 0.452 e. The Morgan fingerprint density at radius 1 is 1.43 bits per heavy atom. The smallest absolute Gasteiger partial charge is 0.338 e. The first kappa shape index (κ1) is 19.3. The number of hydrogen-bond acceptors (Lipinski definition) is 8. The summed E-state index contributed by atoms with van der Waals surface area (Å²) in [5.41, 5.74) is 0.335. The molecular weight excluding hydrogens is 368 g/mol. The highest BCUT2D eigenvalue weighted by Crippen LogP contribution is 2.32. The van der Waals surface area contributed by atoms with E-state index in [1.165, 1.54) is 24.5 Å². The number of nitro groups is 1. The van der Waals surface area contributed by atoms with E-state index in [2.05, 4.69) is 21.9 Å². The van der Waals surface area contributed by atoms with Gasteiger partial charge in [0.1, 0.15) is 12.0 Å². The molecule has 0 spiro atoms. The van der Waals surface area contributed by atoms with E-state index >= 15 is 0 Å². The summed E-state index contributed by atoms with van der Waals surface area (Å²) in [6, 6.07) is 5.65. The summed E-state index contributed by atoms with van der Waals surface area (Å²) < 4.78 is 9.50. The normalized spacial score (nSPS) is 16.5. The van der Waals surface area contributed by atoms with Crippen LogP contribution in [0, 0.1) is 16.0 Å². The lowest BCUT2D eigenvalue weighted by Gasteiger charge is -2.32. The molecule has 1 amide bonds. The molecule has 1 aromatic carbocycles. The third-order valence-corrected chi connectivity index (χ3v) is 4.45. The van der Waals surface area contributed by atoms with Gasteiger partial charge in [0.25, 0.3) is 11.6 Å². The van der Waals surface area contributed by atoms with Crippen molar-refractivity contribution in [3.63, 3.8) is 0 Å². The van der Waals surface area contributed by atoms with Crippen molar-refractivity contribution in [3.05, 3.63) is 46.2 Å². The van der Waals surface area contributed by atoms with Crippen LogP contribution in [-0.2, 0) is 9.53 Å². The van der Waals surface area contributed by atoms with Gasteiger partial charge >= 0.3 is 5.97 Å². The van der Waals surface area contributed by atoms with Crippen LogP contribution in [0.5, 0.6) is 0 Å². The minimum atomic E-state index is -0.822. The second-order valence-corrected chi connectivity index (χ2v) is 6.66. The third-order valence-electron chi connectivity index (χ3n) is 4.45. The van der Waals surface area contributed by atoms with E-state index in [-0.39, 0.29) is 17.1 Å². The van der Waals surface area contributed by atoms with Gasteiger partial charge in [-0.2, -0.15) is 0 Å². The van der Waals surface area contributed by atoms with Gasteiger partial charge in [0.2, 0.25) is 0 Å². The molecule has 0 unspecified atom stereocenters. The molecule has 0 bridgehead atoms. The zero-order valence-electron chi connectivity index (χ0n) is 15.3. The van der Waals surface area contributed by atoms with Crippen molar-refractivity contribution in [2.24, 2.45) is 5.92 Å². The number of hydrogen-bond donors (Lipinski definition) is 1. The van der Waals surface area contributed by atoms with E-state index in [0.717, 1.165) is 25.9 Å². The fourth-order valence-corrected chi connectivity index (χ4v) is 3.14. The fraction of sp³-hybridized carbons (Fsp3) is 0.389. The number of ether oxygens (including phenoxy) is 1. The lowest BCUT2D eigenvalue weighted by atomic mass is 9.99. The Balaban J connectivity index is 1.67. The Morgan fingerprint density at radius 2 is 2.25 bits per heavy atom. The van der Waals surface area contributed by atoms with Crippen molar-refractivity contribution in [1.82, 2.24) is 5.16 Å². The minimum absolute atomic E-state index is 0.00902. The Labute approximate surface area is 160 Å². The average Bonchev–Trinajstić information content (AvgIpc) is 3.18. The molecule has 1 aromatic heterocycles. The Bertz CT molecular complexity index is 867. The first-order chi connectivity index (χ1) is 13.4. The number of nitrogens with zero attached hydrogens (tertiary/aromatic N) is 3. The van der Waals surface area contributed by atoms with Crippen LogP contribution in [0.3, 0.4) is 0 Å². The number of nitrogens with one attached hydrogen (secondary N) is 1. The molecule has 1 aliphatic heterocycles. The van der Waals surface area contributed by atoms with Gasteiger partial charge < -0.3 is 19.5 Å². The summed E-state index contributed by atoms with van der Waals surface area (Å²) in [7, 11) is 0. The van der Waals surface area contributed by atoms with Crippen LogP contribution in [0.25, 0.3) is 0 Å². The summed E-state index contributed by atoms with van der Waals surface area (Å²) in [5, 5.41) is 17.4. The highest BCUT2D eigenvalue weighted by Gasteiger charge is 2.25. The molecule has 10 nitrogen and oxygen atoms in total. The lowest BCUT2D eigenvalue weighted by molar-refractivity contribution is -0.384. The zero-order chi connectivity index (χ0) is 20.1. The molecule has 0 radical (unpaired) electrons. The van der Waals surface area contributed by atoms with Gasteiger partial charge in [0.05, 0.1) is 10.5 Å². The van der Waals surface area contributed by atoms with Crippen LogP contribution in [0.1, 0.15) is 30.1 Å². The molecule has 1 fully saturated rings. The molecule has 1 aliphatic rings. The van der Waals surface area contributed by atoms with E-state index in [4.69, 9.17) is 4.74 Å². The predicted molar refractivity (Wildman–Crippen MR) is 99.1 cm³/mol. The standard InChI is InChI=1S/C18H20N4O6/c1-12-3-2-7-21(10-12)14-5-4-13(9-15(14)22(25)26)18(24)27-11-17(23)19-16-6-8-28-20-16/h4-6,8-9,12H,2-3,7,10-11H2,1H3,(H,19,20,23)/t12-/m1/s1. The first-order valence-corrected chi connectivity index (χ1v) is 8.85. The highest BCUT2D eigenvalue weighted by molar-refractivity contribution is 5.95. The van der Waals surface area contributed by atoms with E-state index in [1.54, 1.807) is 6.07 Å². The highest BCUT2D eigenvalue weighted by atomic mass is 16.6. The topological polar surface area (TPSA) is 128 Å². The number of esters is 1. The predicted octanol–water partition coefficient (Wildman–Crippen LogP) is 2.61. The minimum Gasteiger partial charge on any atom is -0.452 e. The molecular formula is C18H20N4O6. The van der Waals surface area contributed by atoms with Crippen LogP contribution in [0.15, 0.2) is 35.1 Å². The van der Waals surface area contributed by atoms with Crippen LogP contribution in [-0.4, -0.2) is 41.7 Å². The average molecular weight is 388 g/mol. The van der Waals surface area contributed by atoms with Gasteiger partial charge in [-0.3, -0.25) is 14.9 Å².